The molecule has 0 unspecified atom stereocenters. The lowest BCUT2D eigenvalue weighted by molar-refractivity contribution is 0.0496. The average Bonchev–Trinajstić information content (AvgIpc) is 3.04. The van der Waals surface area contributed by atoms with Crippen molar-refractivity contribution in [1.82, 2.24) is 9.62 Å². The Morgan fingerprint density at radius 1 is 1.15 bits per heavy atom. The molecule has 6 nitrogen and oxygen atoms in total. The van der Waals surface area contributed by atoms with E-state index in [-0.39, 0.29) is 10.3 Å². The number of ether oxygens (including phenoxy) is 1. The number of para-hydroxylation sites is 1. The minimum Gasteiger partial charge on any atom is -0.492 e. The average molecular weight is 376 g/mol. The molecular formula is C19H24N2O4S. The fraction of sp³-hybridized carbons (Fsp3) is 0.474. The fourth-order valence-electron chi connectivity index (χ4n) is 3.70. The minimum absolute atomic E-state index is 0.170. The van der Waals surface area contributed by atoms with Crippen LogP contribution in [0.2, 0.25) is 0 Å². The van der Waals surface area contributed by atoms with Crippen molar-refractivity contribution in [2.75, 3.05) is 26.2 Å². The van der Waals surface area contributed by atoms with E-state index >= 15 is 0 Å². The SMILES string of the molecule is Cc1ccc(CN2CCC3(CC2)CNS(=O)(=O)c2ccccc2OC3)o1. The molecule has 2 aromatic rings. The van der Waals surface area contributed by atoms with Crippen molar-refractivity contribution in [3.05, 3.63) is 47.9 Å². The predicted octanol–water partition coefficient (Wildman–Crippen LogP) is 2.54. The van der Waals surface area contributed by atoms with Gasteiger partial charge >= 0.3 is 0 Å². The Bertz CT molecular complexity index is 882. The van der Waals surface area contributed by atoms with E-state index < -0.39 is 10.0 Å². The van der Waals surface area contributed by atoms with Crippen LogP contribution in [0.3, 0.4) is 0 Å². The molecule has 3 heterocycles. The van der Waals surface area contributed by atoms with Gasteiger partial charge in [0.2, 0.25) is 10.0 Å². The molecular weight excluding hydrogens is 352 g/mol. The molecule has 4 rings (SSSR count). The first-order chi connectivity index (χ1) is 12.5. The summed E-state index contributed by atoms with van der Waals surface area (Å²) < 4.78 is 39.6. The van der Waals surface area contributed by atoms with Crippen LogP contribution in [0, 0.1) is 12.3 Å². The number of furan rings is 1. The summed E-state index contributed by atoms with van der Waals surface area (Å²) >= 11 is 0. The molecule has 1 N–H and O–H groups in total. The molecule has 0 radical (unpaired) electrons. The summed E-state index contributed by atoms with van der Waals surface area (Å²) in [5.41, 5.74) is -0.170. The summed E-state index contributed by atoms with van der Waals surface area (Å²) in [4.78, 5) is 2.57. The van der Waals surface area contributed by atoms with Crippen LogP contribution >= 0.6 is 0 Å². The molecule has 2 aliphatic rings. The van der Waals surface area contributed by atoms with Gasteiger partial charge in [-0.3, -0.25) is 4.90 Å². The highest BCUT2D eigenvalue weighted by atomic mass is 32.2. The van der Waals surface area contributed by atoms with E-state index in [2.05, 4.69) is 9.62 Å². The monoisotopic (exact) mass is 376 g/mol. The van der Waals surface area contributed by atoms with Gasteiger partial charge in [-0.2, -0.15) is 0 Å². The van der Waals surface area contributed by atoms with E-state index in [0.29, 0.717) is 18.9 Å². The van der Waals surface area contributed by atoms with Crippen molar-refractivity contribution in [3.63, 3.8) is 0 Å². The van der Waals surface area contributed by atoms with Crippen molar-refractivity contribution < 1.29 is 17.6 Å². The van der Waals surface area contributed by atoms with Crippen molar-refractivity contribution >= 4 is 10.0 Å². The third kappa shape index (κ3) is 3.51. The Hall–Kier alpha value is -1.83. The third-order valence-electron chi connectivity index (χ3n) is 5.40. The molecule has 7 heteroatoms. The number of aryl methyl sites for hydroxylation is 1. The Morgan fingerprint density at radius 2 is 1.92 bits per heavy atom. The first-order valence-corrected chi connectivity index (χ1v) is 10.4. The van der Waals surface area contributed by atoms with Crippen LogP contribution in [0.1, 0.15) is 24.4 Å². The molecule has 1 aromatic heterocycles. The number of benzene rings is 1. The number of rotatable bonds is 2. The van der Waals surface area contributed by atoms with Gasteiger partial charge < -0.3 is 9.15 Å². The number of hydrogen-bond acceptors (Lipinski definition) is 5. The maximum Gasteiger partial charge on any atom is 0.244 e. The lowest BCUT2D eigenvalue weighted by atomic mass is 9.79. The zero-order valence-corrected chi connectivity index (χ0v) is 15.7. The summed E-state index contributed by atoms with van der Waals surface area (Å²) in [5.74, 6) is 2.34. The standard InChI is InChI=1S/C19H24N2O4S/c1-15-6-7-16(25-15)12-21-10-8-19(9-11-21)13-20-26(22,23)18-5-3-2-4-17(18)24-14-19/h2-7,20H,8-14H2,1H3. The van der Waals surface area contributed by atoms with E-state index in [1.807, 2.05) is 19.1 Å². The summed E-state index contributed by atoms with van der Waals surface area (Å²) in [6.07, 6.45) is 1.77. The lowest BCUT2D eigenvalue weighted by Gasteiger charge is -2.42. The normalized spacial score (nSPS) is 22.2. The molecule has 0 aliphatic carbocycles. The quantitative estimate of drug-likeness (QED) is 0.872. The molecule has 0 bridgehead atoms. The highest BCUT2D eigenvalue weighted by Gasteiger charge is 2.39. The number of hydrogen-bond donors (Lipinski definition) is 1. The highest BCUT2D eigenvalue weighted by Crippen LogP contribution is 2.36. The summed E-state index contributed by atoms with van der Waals surface area (Å²) in [6.45, 7) is 5.47. The van der Waals surface area contributed by atoms with Crippen LogP contribution < -0.4 is 9.46 Å². The minimum atomic E-state index is -3.54. The number of nitrogens with one attached hydrogen (secondary N) is 1. The van der Waals surface area contributed by atoms with Gasteiger partial charge in [0.05, 0.1) is 13.2 Å². The second-order valence-electron chi connectivity index (χ2n) is 7.35. The van der Waals surface area contributed by atoms with Gasteiger partial charge in [0, 0.05) is 12.0 Å². The Balaban J connectivity index is 1.46. The van der Waals surface area contributed by atoms with Gasteiger partial charge in [0.1, 0.15) is 22.2 Å². The summed E-state index contributed by atoms with van der Waals surface area (Å²) in [5, 5.41) is 0. The smallest absolute Gasteiger partial charge is 0.244 e. The van der Waals surface area contributed by atoms with E-state index in [4.69, 9.17) is 9.15 Å². The predicted molar refractivity (Wildman–Crippen MR) is 97.5 cm³/mol. The second kappa shape index (κ2) is 6.72. The Kier molecular flexibility index (Phi) is 4.54. The first kappa shape index (κ1) is 17.6. The fourth-order valence-corrected chi connectivity index (χ4v) is 5.00. The molecule has 1 fully saturated rings. The number of nitrogens with zero attached hydrogens (tertiary/aromatic N) is 1. The first-order valence-electron chi connectivity index (χ1n) is 8.95. The molecule has 1 spiro atoms. The molecule has 0 atom stereocenters. The van der Waals surface area contributed by atoms with Gasteiger partial charge in [0.25, 0.3) is 0 Å². The molecule has 0 saturated carbocycles. The van der Waals surface area contributed by atoms with Crippen LogP contribution in [0.15, 0.2) is 45.7 Å². The number of piperidine rings is 1. The van der Waals surface area contributed by atoms with Crippen LogP contribution in [0.5, 0.6) is 5.75 Å². The molecule has 2 aliphatic heterocycles. The zero-order chi connectivity index (χ0) is 18.2. The summed E-state index contributed by atoms with van der Waals surface area (Å²) in [7, 11) is -3.54. The molecule has 0 amide bonds. The second-order valence-corrected chi connectivity index (χ2v) is 9.08. The van der Waals surface area contributed by atoms with E-state index in [0.717, 1.165) is 44.0 Å². The third-order valence-corrected chi connectivity index (χ3v) is 6.84. The molecule has 140 valence electrons. The largest absolute Gasteiger partial charge is 0.492 e. The topological polar surface area (TPSA) is 71.8 Å². The van der Waals surface area contributed by atoms with Gasteiger partial charge in [-0.05, 0) is 57.1 Å². The van der Waals surface area contributed by atoms with Gasteiger partial charge in [0.15, 0.2) is 0 Å². The maximum atomic E-state index is 12.6. The van der Waals surface area contributed by atoms with Crippen molar-refractivity contribution in [1.29, 1.82) is 0 Å². The van der Waals surface area contributed by atoms with Crippen LogP contribution in [0.25, 0.3) is 0 Å². The molecule has 1 saturated heterocycles. The van der Waals surface area contributed by atoms with Crippen LogP contribution in [0.4, 0.5) is 0 Å². The van der Waals surface area contributed by atoms with Gasteiger partial charge in [-0.15, -0.1) is 0 Å². The number of likely N-dealkylation sites (tertiary alicyclic amines) is 1. The zero-order valence-electron chi connectivity index (χ0n) is 14.9. The van der Waals surface area contributed by atoms with Gasteiger partial charge in [-0.1, -0.05) is 12.1 Å². The number of sulfonamides is 1. The lowest BCUT2D eigenvalue weighted by Crippen LogP contribution is -2.49. The molecule has 1 aromatic carbocycles. The van der Waals surface area contributed by atoms with E-state index in [9.17, 15) is 8.42 Å². The summed E-state index contributed by atoms with van der Waals surface area (Å²) in [6, 6.07) is 10.8. The Labute approximate surface area is 154 Å². The van der Waals surface area contributed by atoms with Crippen LogP contribution in [-0.2, 0) is 16.6 Å². The van der Waals surface area contributed by atoms with Crippen LogP contribution in [-0.4, -0.2) is 39.6 Å². The number of fused-ring (bicyclic) bond motifs is 1. The van der Waals surface area contributed by atoms with Crippen molar-refractivity contribution in [2.45, 2.75) is 31.2 Å². The van der Waals surface area contributed by atoms with Crippen molar-refractivity contribution in [2.24, 2.45) is 5.41 Å². The van der Waals surface area contributed by atoms with E-state index in [1.54, 1.807) is 24.3 Å². The Morgan fingerprint density at radius 3 is 2.65 bits per heavy atom. The molecule has 26 heavy (non-hydrogen) atoms. The maximum absolute atomic E-state index is 12.6. The highest BCUT2D eigenvalue weighted by molar-refractivity contribution is 7.89. The van der Waals surface area contributed by atoms with Gasteiger partial charge in [-0.25, -0.2) is 13.1 Å². The van der Waals surface area contributed by atoms with Crippen molar-refractivity contribution in [3.8, 4) is 5.75 Å². The van der Waals surface area contributed by atoms with E-state index in [1.165, 1.54) is 0 Å².